The van der Waals surface area contributed by atoms with Crippen molar-refractivity contribution < 1.29 is 9.90 Å². The second-order valence-electron chi connectivity index (χ2n) is 3.58. The van der Waals surface area contributed by atoms with Gasteiger partial charge in [-0.2, -0.15) is 0 Å². The number of anilines is 1. The lowest BCUT2D eigenvalue weighted by atomic mass is 10.1. The summed E-state index contributed by atoms with van der Waals surface area (Å²) in [5.41, 5.74) is -1.37. The number of carboxylic acid groups (broad SMARTS) is 1. The Kier molecular flexibility index (Phi) is 4.44. The first-order valence-electron chi connectivity index (χ1n) is 5.20. The predicted octanol–water partition coefficient (Wildman–Crippen LogP) is -0.486. The number of aromatic nitrogens is 3. The zero-order valence-electron chi connectivity index (χ0n) is 9.32. The summed E-state index contributed by atoms with van der Waals surface area (Å²) in [6.07, 6.45) is 1.24. The molecule has 0 aliphatic rings. The quantitative estimate of drug-likeness (QED) is 0.533. The molecule has 1 heterocycles. The molecule has 1 unspecified atom stereocenters. The molecule has 1 atom stereocenters. The summed E-state index contributed by atoms with van der Waals surface area (Å²) in [4.78, 5) is 34.7. The van der Waals surface area contributed by atoms with Crippen LogP contribution in [0.4, 0.5) is 5.82 Å². The van der Waals surface area contributed by atoms with Gasteiger partial charge < -0.3 is 10.4 Å². The third-order valence-electron chi connectivity index (χ3n) is 2.11. The van der Waals surface area contributed by atoms with Crippen LogP contribution in [0.1, 0.15) is 26.2 Å². The highest BCUT2D eigenvalue weighted by Crippen LogP contribution is 2.06. The molecule has 0 fully saturated rings. The number of aromatic amines is 2. The molecule has 1 rings (SSSR count). The van der Waals surface area contributed by atoms with Gasteiger partial charge in [0.1, 0.15) is 0 Å². The van der Waals surface area contributed by atoms with E-state index in [1.807, 2.05) is 11.9 Å². The van der Waals surface area contributed by atoms with E-state index in [0.717, 1.165) is 6.42 Å². The second kappa shape index (κ2) is 5.83. The first-order chi connectivity index (χ1) is 8.02. The number of nitrogens with one attached hydrogen (secondary N) is 3. The summed E-state index contributed by atoms with van der Waals surface area (Å²) >= 11 is 0. The lowest BCUT2D eigenvalue weighted by Gasteiger charge is -2.15. The van der Waals surface area contributed by atoms with Crippen LogP contribution in [-0.4, -0.2) is 32.3 Å². The molecule has 0 saturated carbocycles. The minimum atomic E-state index is -0.961. The van der Waals surface area contributed by atoms with Gasteiger partial charge in [0, 0.05) is 6.04 Å². The summed E-state index contributed by atoms with van der Waals surface area (Å²) in [6.45, 7) is 1.90. The Morgan fingerprint density at radius 1 is 1.53 bits per heavy atom. The van der Waals surface area contributed by atoms with Crippen LogP contribution in [0.3, 0.4) is 0 Å². The molecule has 8 heteroatoms. The van der Waals surface area contributed by atoms with Crippen molar-refractivity contribution in [3.8, 4) is 0 Å². The monoisotopic (exact) mass is 242 g/mol. The number of rotatable bonds is 6. The first kappa shape index (κ1) is 12.9. The van der Waals surface area contributed by atoms with E-state index >= 15 is 0 Å². The zero-order valence-corrected chi connectivity index (χ0v) is 9.32. The van der Waals surface area contributed by atoms with Crippen LogP contribution in [0.25, 0.3) is 0 Å². The fraction of sp³-hybridized carbons (Fsp3) is 0.556. The number of carbonyl (C=O) groups is 1. The number of H-pyrrole nitrogens is 2. The van der Waals surface area contributed by atoms with Crippen molar-refractivity contribution in [1.82, 2.24) is 15.2 Å². The van der Waals surface area contributed by atoms with Crippen molar-refractivity contribution in [2.75, 3.05) is 5.32 Å². The molecule has 94 valence electrons. The molecule has 8 nitrogen and oxygen atoms in total. The third-order valence-corrected chi connectivity index (χ3v) is 2.11. The van der Waals surface area contributed by atoms with Gasteiger partial charge in [-0.1, -0.05) is 13.3 Å². The fourth-order valence-electron chi connectivity index (χ4n) is 1.42. The normalized spacial score (nSPS) is 12.1. The highest BCUT2D eigenvalue weighted by molar-refractivity contribution is 5.68. The second-order valence-corrected chi connectivity index (χ2v) is 3.58. The number of nitrogens with zero attached hydrogens (tertiary/aromatic N) is 1. The topological polar surface area (TPSA) is 128 Å². The Morgan fingerprint density at radius 3 is 2.76 bits per heavy atom. The van der Waals surface area contributed by atoms with Gasteiger partial charge >= 0.3 is 11.7 Å². The Hall–Kier alpha value is -2.12. The minimum Gasteiger partial charge on any atom is -0.481 e. The number of carboxylic acids is 1. The molecule has 0 radical (unpaired) electrons. The molecule has 4 N–H and O–H groups in total. The van der Waals surface area contributed by atoms with Crippen molar-refractivity contribution in [3.63, 3.8) is 0 Å². The van der Waals surface area contributed by atoms with Crippen LogP contribution < -0.4 is 16.6 Å². The van der Waals surface area contributed by atoms with Crippen molar-refractivity contribution in [2.24, 2.45) is 0 Å². The van der Waals surface area contributed by atoms with Gasteiger partial charge in [0.05, 0.1) is 6.42 Å². The summed E-state index contributed by atoms with van der Waals surface area (Å²) in [6, 6.07) is -0.392. The fourth-order valence-corrected chi connectivity index (χ4v) is 1.42. The molecule has 0 saturated heterocycles. The highest BCUT2D eigenvalue weighted by atomic mass is 16.4. The van der Waals surface area contributed by atoms with E-state index in [1.54, 1.807) is 0 Å². The van der Waals surface area contributed by atoms with Crippen LogP contribution in [0.15, 0.2) is 9.59 Å². The van der Waals surface area contributed by atoms with Crippen molar-refractivity contribution >= 4 is 11.8 Å². The maximum atomic E-state index is 11.3. The molecule has 0 aliphatic heterocycles. The van der Waals surface area contributed by atoms with Gasteiger partial charge in [-0.05, 0) is 6.42 Å². The maximum absolute atomic E-state index is 11.3. The SMILES string of the molecule is CCCC(CC(=O)O)Nc1n[nH]c(=O)[nH]c1=O. The van der Waals surface area contributed by atoms with Gasteiger partial charge in [0.15, 0.2) is 0 Å². The average molecular weight is 242 g/mol. The first-order valence-corrected chi connectivity index (χ1v) is 5.20. The molecular weight excluding hydrogens is 228 g/mol. The third kappa shape index (κ3) is 4.09. The van der Waals surface area contributed by atoms with E-state index < -0.39 is 23.3 Å². The Labute approximate surface area is 96.1 Å². The van der Waals surface area contributed by atoms with Gasteiger partial charge in [-0.15, -0.1) is 5.10 Å². The lowest BCUT2D eigenvalue weighted by molar-refractivity contribution is -0.137. The summed E-state index contributed by atoms with van der Waals surface area (Å²) in [5.74, 6) is -1.04. The molecule has 0 bridgehead atoms. The summed E-state index contributed by atoms with van der Waals surface area (Å²) in [7, 11) is 0. The van der Waals surface area contributed by atoms with Gasteiger partial charge in [0.2, 0.25) is 5.82 Å². The minimum absolute atomic E-state index is 0.0794. The van der Waals surface area contributed by atoms with E-state index in [9.17, 15) is 14.4 Å². The Balaban J connectivity index is 2.81. The predicted molar refractivity (Wildman–Crippen MR) is 60.0 cm³/mol. The van der Waals surface area contributed by atoms with Crippen molar-refractivity contribution in [1.29, 1.82) is 0 Å². The summed E-state index contributed by atoms with van der Waals surface area (Å²) in [5, 5.41) is 17.0. The van der Waals surface area contributed by atoms with Crippen LogP contribution in [-0.2, 0) is 4.79 Å². The van der Waals surface area contributed by atoms with Crippen molar-refractivity contribution in [2.45, 2.75) is 32.2 Å². The van der Waals surface area contributed by atoms with E-state index in [1.165, 1.54) is 0 Å². The zero-order chi connectivity index (χ0) is 12.8. The maximum Gasteiger partial charge on any atom is 0.342 e. The largest absolute Gasteiger partial charge is 0.481 e. The van der Waals surface area contributed by atoms with Gasteiger partial charge in [-0.25, -0.2) is 9.89 Å². The Bertz CT molecular complexity index is 492. The smallest absolute Gasteiger partial charge is 0.342 e. The molecule has 1 aromatic rings. The molecule has 0 amide bonds. The number of hydrogen-bond acceptors (Lipinski definition) is 5. The van der Waals surface area contributed by atoms with Gasteiger partial charge in [-0.3, -0.25) is 14.6 Å². The highest BCUT2D eigenvalue weighted by Gasteiger charge is 2.14. The van der Waals surface area contributed by atoms with Crippen LogP contribution in [0.2, 0.25) is 0 Å². The lowest BCUT2D eigenvalue weighted by Crippen LogP contribution is -2.31. The van der Waals surface area contributed by atoms with Crippen LogP contribution >= 0.6 is 0 Å². The van der Waals surface area contributed by atoms with E-state index in [2.05, 4.69) is 15.5 Å². The number of hydrogen-bond donors (Lipinski definition) is 4. The van der Waals surface area contributed by atoms with E-state index in [0.29, 0.717) is 6.42 Å². The molecule has 0 spiro atoms. The van der Waals surface area contributed by atoms with Crippen LogP contribution in [0, 0.1) is 0 Å². The molecule has 0 aliphatic carbocycles. The van der Waals surface area contributed by atoms with E-state index in [-0.39, 0.29) is 12.2 Å². The Morgan fingerprint density at radius 2 is 2.24 bits per heavy atom. The molecule has 17 heavy (non-hydrogen) atoms. The molecule has 0 aromatic carbocycles. The molecule has 1 aromatic heterocycles. The number of aliphatic carboxylic acids is 1. The van der Waals surface area contributed by atoms with Crippen molar-refractivity contribution in [3.05, 3.63) is 20.8 Å². The van der Waals surface area contributed by atoms with E-state index in [4.69, 9.17) is 5.11 Å². The average Bonchev–Trinajstić information content (AvgIpc) is 2.21. The van der Waals surface area contributed by atoms with Gasteiger partial charge in [0.25, 0.3) is 5.56 Å². The van der Waals surface area contributed by atoms with Crippen LogP contribution in [0.5, 0.6) is 0 Å². The molecular formula is C9H14N4O4. The standard InChI is InChI=1S/C9H14N4O4/c1-2-3-5(4-6(14)15)10-7-8(16)11-9(17)13-12-7/h5H,2-4H2,1H3,(H,10,12)(H,14,15)(H2,11,13,16,17). The summed E-state index contributed by atoms with van der Waals surface area (Å²) < 4.78 is 0.